The Kier molecular flexibility index (Phi) is 16.8. The molecule has 0 heterocycles. The maximum atomic E-state index is 14.8. The highest BCUT2D eigenvalue weighted by atomic mass is 28.4. The van der Waals surface area contributed by atoms with Crippen LogP contribution in [0.25, 0.3) is 0 Å². The number of rotatable bonds is 22. The third-order valence-electron chi connectivity index (χ3n) is 8.97. The quantitative estimate of drug-likeness (QED) is 0.0314. The second-order valence-corrected chi connectivity index (χ2v) is 18.5. The minimum Gasteiger partial charge on any atom is -0.491 e. The largest absolute Gasteiger partial charge is 0.491 e. The zero-order chi connectivity index (χ0) is 44.9. The Balaban J connectivity index is 3.16. The number of hydrogen-bond donors (Lipinski definition) is 1. The SMILES string of the molecule is CCOC(=O)/C=C/C=C(\C)C[C@@H](O)c1ccc(OCCO[Si](CCC(F)(F)C(F)(F)C(F)(F)C(F)(F)C(F)(F)C(F)(F)C(F)(F)C(F)(F)F)(C(C)C)C(C)C)cc1. The number of aliphatic hydroxyl groups is 1. The highest BCUT2D eigenvalue weighted by Crippen LogP contribution is 2.64. The van der Waals surface area contributed by atoms with Gasteiger partial charge in [0.25, 0.3) is 0 Å². The second-order valence-electron chi connectivity index (χ2n) is 13.5. The van der Waals surface area contributed by atoms with Gasteiger partial charge in [0.15, 0.2) is 8.32 Å². The van der Waals surface area contributed by atoms with Crippen LogP contribution >= 0.6 is 0 Å². The summed E-state index contributed by atoms with van der Waals surface area (Å²) >= 11 is 0. The van der Waals surface area contributed by atoms with Crippen molar-refractivity contribution in [2.45, 2.75) is 125 Å². The first-order valence-electron chi connectivity index (χ1n) is 16.8. The summed E-state index contributed by atoms with van der Waals surface area (Å²) in [5, 5.41) is 10.5. The molecule has 1 aromatic carbocycles. The van der Waals surface area contributed by atoms with Gasteiger partial charge in [0.1, 0.15) is 12.4 Å². The Labute approximate surface area is 317 Å². The molecule has 1 rings (SSSR count). The van der Waals surface area contributed by atoms with E-state index in [2.05, 4.69) is 0 Å². The molecule has 0 unspecified atom stereocenters. The molecular weight excluding hydrogens is 839 g/mol. The van der Waals surface area contributed by atoms with Crippen LogP contribution in [-0.2, 0) is 14.0 Å². The van der Waals surface area contributed by atoms with Crippen LogP contribution in [-0.4, -0.2) is 86.8 Å². The maximum Gasteiger partial charge on any atom is 0.460 e. The van der Waals surface area contributed by atoms with E-state index in [-0.39, 0.29) is 25.4 Å². The van der Waals surface area contributed by atoms with E-state index in [4.69, 9.17) is 13.9 Å². The van der Waals surface area contributed by atoms with Gasteiger partial charge in [-0.1, -0.05) is 57.6 Å². The fourth-order valence-electron chi connectivity index (χ4n) is 5.50. The number of benzene rings is 1. The lowest BCUT2D eigenvalue weighted by Gasteiger charge is -2.44. The summed E-state index contributed by atoms with van der Waals surface area (Å²) in [5.74, 6) is -57.1. The molecule has 1 atom stereocenters. The molecule has 0 radical (unpaired) electrons. The minimum absolute atomic E-state index is 0.159. The highest BCUT2D eigenvalue weighted by molar-refractivity contribution is 6.76. The molecule has 0 aliphatic carbocycles. The van der Waals surface area contributed by atoms with E-state index < -0.39 is 98.2 Å². The molecule has 0 aliphatic heterocycles. The number of hydrogen-bond acceptors (Lipinski definition) is 5. The van der Waals surface area contributed by atoms with Crippen LogP contribution in [0, 0.1) is 0 Å². The monoisotopic (exact) mass is 880 g/mol. The van der Waals surface area contributed by atoms with Crippen LogP contribution in [0.2, 0.25) is 17.1 Å². The predicted octanol–water partition coefficient (Wildman–Crippen LogP) is 11.7. The minimum atomic E-state index is -8.68. The fourth-order valence-corrected chi connectivity index (χ4v) is 9.97. The molecule has 0 aliphatic rings. The first-order chi connectivity index (χ1) is 25.6. The number of aliphatic hydroxyl groups excluding tert-OH is 1. The van der Waals surface area contributed by atoms with Gasteiger partial charge in [0.2, 0.25) is 0 Å². The van der Waals surface area contributed by atoms with Crippen molar-refractivity contribution in [3.05, 3.63) is 53.6 Å². The van der Waals surface area contributed by atoms with Gasteiger partial charge in [0.05, 0.1) is 19.3 Å². The number of halogens is 17. The van der Waals surface area contributed by atoms with Crippen LogP contribution in [0.1, 0.15) is 66.1 Å². The number of carbonyl (C=O) groups is 1. The van der Waals surface area contributed by atoms with Crippen molar-refractivity contribution in [1.82, 2.24) is 0 Å². The lowest BCUT2D eigenvalue weighted by atomic mass is 9.88. The molecule has 0 spiro atoms. The van der Waals surface area contributed by atoms with Gasteiger partial charge in [0, 0.05) is 12.5 Å². The number of esters is 1. The Morgan fingerprint density at radius 2 is 1.18 bits per heavy atom. The molecule has 0 saturated heterocycles. The Hall–Kier alpha value is -3.08. The predicted molar refractivity (Wildman–Crippen MR) is 173 cm³/mol. The van der Waals surface area contributed by atoms with Crippen molar-refractivity contribution < 1.29 is 98.4 Å². The van der Waals surface area contributed by atoms with Crippen molar-refractivity contribution in [3.8, 4) is 5.75 Å². The molecule has 330 valence electrons. The van der Waals surface area contributed by atoms with E-state index in [1.54, 1.807) is 19.9 Å². The summed E-state index contributed by atoms with van der Waals surface area (Å²) < 4.78 is 250. The average molecular weight is 881 g/mol. The van der Waals surface area contributed by atoms with E-state index in [1.165, 1.54) is 64.1 Å². The third kappa shape index (κ3) is 10.6. The smallest absolute Gasteiger partial charge is 0.460 e. The Morgan fingerprint density at radius 1 is 0.719 bits per heavy atom. The summed E-state index contributed by atoms with van der Waals surface area (Å²) in [6.45, 7) is 7.97. The van der Waals surface area contributed by atoms with Gasteiger partial charge in [-0.05, 0) is 55.1 Å². The van der Waals surface area contributed by atoms with Crippen LogP contribution in [0.5, 0.6) is 5.75 Å². The summed E-state index contributed by atoms with van der Waals surface area (Å²) in [4.78, 5) is 11.4. The molecule has 1 aromatic rings. The summed E-state index contributed by atoms with van der Waals surface area (Å²) in [7, 11) is -3.94. The standard InChI is InChI=1S/C34H41F17O5Si/c1-7-54-26(53)10-8-9-22(6)19-25(52)23-11-13-24(14-12-23)55-16-17-56-57(20(2)3,21(4)5)18-15-27(35,36)28(37,38)29(39,40)30(41,42)31(43,44)32(45,46)33(47,48)34(49,50)51/h8-14,20-21,25,52H,7,15-19H2,1-6H3/b10-8+,22-9+/t25-/m1/s1. The molecule has 23 heteroatoms. The maximum absolute atomic E-state index is 14.8. The summed E-state index contributed by atoms with van der Waals surface area (Å²) in [6, 6.07) is 4.48. The molecule has 0 bridgehead atoms. The first kappa shape index (κ1) is 51.9. The number of carbonyl (C=O) groups excluding carboxylic acids is 1. The van der Waals surface area contributed by atoms with Crippen molar-refractivity contribution in [2.75, 3.05) is 19.8 Å². The lowest BCUT2D eigenvalue weighted by Crippen LogP contribution is -2.74. The molecular formula is C34H41F17O5Si. The van der Waals surface area contributed by atoms with Gasteiger partial charge >= 0.3 is 53.6 Å². The average Bonchev–Trinajstić information content (AvgIpc) is 3.06. The van der Waals surface area contributed by atoms with Crippen molar-refractivity contribution in [2.24, 2.45) is 0 Å². The van der Waals surface area contributed by atoms with Gasteiger partial charge in [-0.3, -0.25) is 0 Å². The molecule has 5 nitrogen and oxygen atoms in total. The Morgan fingerprint density at radius 3 is 1.61 bits per heavy atom. The van der Waals surface area contributed by atoms with Crippen molar-refractivity contribution in [1.29, 1.82) is 0 Å². The molecule has 1 N–H and O–H groups in total. The lowest BCUT2D eigenvalue weighted by molar-refractivity contribution is -0.461. The van der Waals surface area contributed by atoms with E-state index in [0.29, 0.717) is 11.1 Å². The number of allylic oxidation sites excluding steroid dienone is 2. The first-order valence-corrected chi connectivity index (χ1v) is 19.1. The molecule has 0 fully saturated rings. The van der Waals surface area contributed by atoms with E-state index in [9.17, 15) is 84.5 Å². The van der Waals surface area contributed by atoms with Gasteiger partial charge in [-0.25, -0.2) is 4.79 Å². The van der Waals surface area contributed by atoms with Gasteiger partial charge in [-0.2, -0.15) is 74.6 Å². The van der Waals surface area contributed by atoms with Crippen LogP contribution < -0.4 is 4.74 Å². The number of alkyl halides is 17. The van der Waals surface area contributed by atoms with Crippen molar-refractivity contribution >= 4 is 14.3 Å². The number of ether oxygens (including phenoxy) is 2. The van der Waals surface area contributed by atoms with Crippen LogP contribution in [0.15, 0.2) is 48.1 Å². The summed E-state index contributed by atoms with van der Waals surface area (Å²) in [6.07, 6.45) is -6.99. The van der Waals surface area contributed by atoms with E-state index >= 15 is 0 Å². The zero-order valence-corrected chi connectivity index (χ0v) is 32.0. The summed E-state index contributed by atoms with van der Waals surface area (Å²) in [5.41, 5.74) is -0.578. The second kappa shape index (κ2) is 18.5. The molecule has 57 heavy (non-hydrogen) atoms. The zero-order valence-electron chi connectivity index (χ0n) is 31.0. The molecule has 0 aromatic heterocycles. The molecule has 0 amide bonds. The van der Waals surface area contributed by atoms with E-state index in [0.717, 1.165) is 0 Å². The third-order valence-corrected chi connectivity index (χ3v) is 14.7. The van der Waals surface area contributed by atoms with Crippen LogP contribution in [0.4, 0.5) is 74.6 Å². The Bertz CT molecular complexity index is 1520. The van der Waals surface area contributed by atoms with Gasteiger partial charge in [-0.15, -0.1) is 0 Å². The fraction of sp³-hybridized carbons (Fsp3) is 0.676. The van der Waals surface area contributed by atoms with Crippen LogP contribution in [0.3, 0.4) is 0 Å². The topological polar surface area (TPSA) is 65.0 Å². The normalized spacial score (nSPS) is 15.5. The van der Waals surface area contributed by atoms with Gasteiger partial charge < -0.3 is 19.0 Å². The molecule has 0 saturated carbocycles. The van der Waals surface area contributed by atoms with Crippen molar-refractivity contribution in [3.63, 3.8) is 0 Å². The highest BCUT2D eigenvalue weighted by Gasteiger charge is 2.95. The van der Waals surface area contributed by atoms with E-state index in [1.807, 2.05) is 0 Å².